The van der Waals surface area contributed by atoms with E-state index >= 15 is 0 Å². The Kier molecular flexibility index (Phi) is 3.11. The quantitative estimate of drug-likeness (QED) is 0.906. The summed E-state index contributed by atoms with van der Waals surface area (Å²) >= 11 is 0. The molecule has 6 heteroatoms. The van der Waals surface area contributed by atoms with Crippen LogP contribution in [0.5, 0.6) is 0 Å². The van der Waals surface area contributed by atoms with Gasteiger partial charge in [-0.05, 0) is 42.9 Å². The van der Waals surface area contributed by atoms with Crippen molar-refractivity contribution in [3.8, 4) is 0 Å². The normalized spacial score (nSPS) is 28.7. The minimum atomic E-state index is -3.62. The Hall–Kier alpha value is -0.980. The van der Waals surface area contributed by atoms with Crippen LogP contribution in [0, 0.1) is 17.7 Å². The highest BCUT2D eigenvalue weighted by molar-refractivity contribution is 7.89. The van der Waals surface area contributed by atoms with Crippen LogP contribution in [0.3, 0.4) is 0 Å². The van der Waals surface area contributed by atoms with Crippen molar-refractivity contribution in [1.82, 2.24) is 4.31 Å². The van der Waals surface area contributed by atoms with Crippen molar-refractivity contribution in [2.75, 3.05) is 13.1 Å². The fraction of sp³-hybridized carbons (Fsp3) is 0.538. The molecule has 0 unspecified atom stereocenters. The van der Waals surface area contributed by atoms with E-state index in [0.717, 1.165) is 18.9 Å². The van der Waals surface area contributed by atoms with Crippen LogP contribution in [-0.2, 0) is 10.0 Å². The lowest BCUT2D eigenvalue weighted by Gasteiger charge is -2.16. The molecule has 0 aromatic heterocycles. The van der Waals surface area contributed by atoms with Crippen LogP contribution in [0.1, 0.15) is 12.8 Å². The van der Waals surface area contributed by atoms with Gasteiger partial charge in [-0.15, -0.1) is 0 Å². The van der Waals surface area contributed by atoms with Gasteiger partial charge in [-0.25, -0.2) is 12.8 Å². The van der Waals surface area contributed by atoms with Crippen LogP contribution in [0.2, 0.25) is 0 Å². The summed E-state index contributed by atoms with van der Waals surface area (Å²) in [6.07, 6.45) is 2.29. The van der Waals surface area contributed by atoms with Crippen LogP contribution in [0.25, 0.3) is 0 Å². The minimum absolute atomic E-state index is 0.0103. The zero-order valence-electron chi connectivity index (χ0n) is 10.5. The predicted octanol–water partition coefficient (Wildman–Crippen LogP) is 1.18. The third kappa shape index (κ3) is 2.40. The van der Waals surface area contributed by atoms with E-state index in [4.69, 9.17) is 5.73 Å². The van der Waals surface area contributed by atoms with Gasteiger partial charge in [-0.3, -0.25) is 0 Å². The number of sulfonamides is 1. The number of nitrogens with two attached hydrogens (primary N) is 1. The zero-order chi connectivity index (χ0) is 13.6. The Morgan fingerprint density at radius 2 is 2.00 bits per heavy atom. The van der Waals surface area contributed by atoms with Gasteiger partial charge in [-0.1, -0.05) is 6.07 Å². The van der Waals surface area contributed by atoms with Crippen LogP contribution in [0.15, 0.2) is 29.2 Å². The van der Waals surface area contributed by atoms with Crippen molar-refractivity contribution in [2.45, 2.75) is 23.8 Å². The molecule has 1 saturated carbocycles. The molecule has 0 amide bonds. The first-order valence-electron chi connectivity index (χ1n) is 6.50. The van der Waals surface area contributed by atoms with Gasteiger partial charge in [0.15, 0.2) is 0 Å². The number of hydrogen-bond donors (Lipinski definition) is 1. The summed E-state index contributed by atoms with van der Waals surface area (Å²) in [5, 5.41) is 0. The van der Waals surface area contributed by atoms with Gasteiger partial charge in [0.1, 0.15) is 5.82 Å². The first-order chi connectivity index (χ1) is 8.98. The lowest BCUT2D eigenvalue weighted by molar-refractivity contribution is 0.427. The fourth-order valence-corrected chi connectivity index (χ4v) is 4.36. The van der Waals surface area contributed by atoms with E-state index in [1.807, 2.05) is 0 Å². The predicted molar refractivity (Wildman–Crippen MR) is 69.3 cm³/mol. The Bertz CT molecular complexity index is 586. The Morgan fingerprint density at radius 3 is 2.63 bits per heavy atom. The van der Waals surface area contributed by atoms with Crippen molar-refractivity contribution < 1.29 is 12.8 Å². The van der Waals surface area contributed by atoms with Crippen LogP contribution >= 0.6 is 0 Å². The molecule has 3 rings (SSSR count). The molecule has 1 heterocycles. The highest BCUT2D eigenvalue weighted by Gasteiger charge is 2.44. The number of rotatable bonds is 3. The van der Waals surface area contributed by atoms with E-state index < -0.39 is 15.8 Å². The molecule has 0 bridgehead atoms. The average molecular weight is 284 g/mol. The smallest absolute Gasteiger partial charge is 0.243 e. The van der Waals surface area contributed by atoms with Gasteiger partial charge in [0.2, 0.25) is 10.0 Å². The monoisotopic (exact) mass is 284 g/mol. The van der Waals surface area contributed by atoms with Crippen LogP contribution < -0.4 is 5.73 Å². The van der Waals surface area contributed by atoms with Gasteiger partial charge in [-0.2, -0.15) is 4.31 Å². The maximum atomic E-state index is 13.2. The molecule has 4 nitrogen and oxygen atoms in total. The first kappa shape index (κ1) is 13.0. The summed E-state index contributed by atoms with van der Waals surface area (Å²) in [4.78, 5) is 0.0103. The molecule has 1 saturated heterocycles. The highest BCUT2D eigenvalue weighted by Crippen LogP contribution is 2.41. The molecular weight excluding hydrogens is 267 g/mol. The molecule has 2 aliphatic rings. The number of halogens is 1. The van der Waals surface area contributed by atoms with Crippen LogP contribution in [-0.4, -0.2) is 31.9 Å². The summed E-state index contributed by atoms with van der Waals surface area (Å²) in [7, 11) is -3.62. The maximum Gasteiger partial charge on any atom is 0.243 e. The molecule has 2 atom stereocenters. The lowest BCUT2D eigenvalue weighted by Crippen LogP contribution is -2.32. The average Bonchev–Trinajstić information content (AvgIpc) is 3.12. The van der Waals surface area contributed by atoms with Crippen molar-refractivity contribution >= 4 is 10.0 Å². The summed E-state index contributed by atoms with van der Waals surface area (Å²) in [6.45, 7) is 0.796. The Labute approximate surface area is 112 Å². The molecule has 1 aliphatic carbocycles. The second-order valence-electron chi connectivity index (χ2n) is 5.44. The maximum absolute atomic E-state index is 13.2. The van der Waals surface area contributed by atoms with E-state index in [-0.39, 0.29) is 16.9 Å². The Balaban J connectivity index is 1.85. The first-order valence-corrected chi connectivity index (χ1v) is 7.94. The fourth-order valence-electron chi connectivity index (χ4n) is 2.81. The highest BCUT2D eigenvalue weighted by atomic mass is 32.2. The summed E-state index contributed by atoms with van der Waals surface area (Å²) in [5.74, 6) is 0.286. The van der Waals surface area contributed by atoms with E-state index in [2.05, 4.69) is 0 Å². The van der Waals surface area contributed by atoms with Gasteiger partial charge >= 0.3 is 0 Å². The van der Waals surface area contributed by atoms with E-state index in [0.29, 0.717) is 19.0 Å². The van der Waals surface area contributed by atoms with Crippen molar-refractivity contribution in [3.05, 3.63) is 30.1 Å². The SMILES string of the molecule is N[C@H]1CN(S(=O)(=O)c2cccc(F)c2)C[C@@H]1C1CC1. The summed E-state index contributed by atoms with van der Waals surface area (Å²) in [6, 6.07) is 5.04. The minimum Gasteiger partial charge on any atom is -0.326 e. The van der Waals surface area contributed by atoms with E-state index in [1.54, 1.807) is 0 Å². The van der Waals surface area contributed by atoms with Crippen molar-refractivity contribution in [3.63, 3.8) is 0 Å². The molecular formula is C13H17FN2O2S. The molecule has 104 valence electrons. The topological polar surface area (TPSA) is 63.4 Å². The van der Waals surface area contributed by atoms with Crippen molar-refractivity contribution in [1.29, 1.82) is 0 Å². The summed E-state index contributed by atoms with van der Waals surface area (Å²) in [5.41, 5.74) is 6.03. The third-order valence-electron chi connectivity index (χ3n) is 4.04. The molecule has 1 aliphatic heterocycles. The summed E-state index contributed by atoms with van der Waals surface area (Å²) < 4.78 is 39.4. The van der Waals surface area contributed by atoms with Crippen molar-refractivity contribution in [2.24, 2.45) is 17.6 Å². The number of hydrogen-bond acceptors (Lipinski definition) is 3. The van der Waals surface area contributed by atoms with Crippen LogP contribution in [0.4, 0.5) is 4.39 Å². The molecule has 2 fully saturated rings. The van der Waals surface area contributed by atoms with Gasteiger partial charge in [0.25, 0.3) is 0 Å². The standard InChI is InChI=1S/C13H17FN2O2S/c14-10-2-1-3-11(6-10)19(17,18)16-7-12(9-4-5-9)13(15)8-16/h1-3,6,9,12-13H,4-5,7-8,15H2/t12-,13+/m1/s1. The lowest BCUT2D eigenvalue weighted by atomic mass is 9.99. The zero-order valence-corrected chi connectivity index (χ0v) is 11.3. The van der Waals surface area contributed by atoms with E-state index in [9.17, 15) is 12.8 Å². The molecule has 1 aromatic carbocycles. The molecule has 2 N–H and O–H groups in total. The van der Waals surface area contributed by atoms with E-state index in [1.165, 1.54) is 22.5 Å². The van der Waals surface area contributed by atoms with Gasteiger partial charge < -0.3 is 5.73 Å². The van der Waals surface area contributed by atoms with Gasteiger partial charge in [0.05, 0.1) is 4.90 Å². The third-order valence-corrected chi connectivity index (χ3v) is 5.87. The molecule has 0 radical (unpaired) electrons. The molecule has 19 heavy (non-hydrogen) atoms. The van der Waals surface area contributed by atoms with Gasteiger partial charge in [0, 0.05) is 19.1 Å². The second-order valence-corrected chi connectivity index (χ2v) is 7.38. The Morgan fingerprint density at radius 1 is 1.26 bits per heavy atom. The molecule has 1 aromatic rings. The number of nitrogens with zero attached hydrogens (tertiary/aromatic N) is 1. The largest absolute Gasteiger partial charge is 0.326 e. The number of benzene rings is 1. The second kappa shape index (κ2) is 4.54. The molecule has 0 spiro atoms.